The summed E-state index contributed by atoms with van der Waals surface area (Å²) in [5.74, 6) is -0.301. The molecule has 0 fully saturated rings. The van der Waals surface area contributed by atoms with E-state index in [0.29, 0.717) is 12.2 Å². The molecule has 0 radical (unpaired) electrons. The van der Waals surface area contributed by atoms with Gasteiger partial charge in [0, 0.05) is 37.6 Å². The van der Waals surface area contributed by atoms with Crippen LogP contribution < -0.4 is 5.32 Å². The molecule has 5 nitrogen and oxygen atoms in total. The molecule has 1 aromatic carbocycles. The Hall–Kier alpha value is -3.03. The van der Waals surface area contributed by atoms with Gasteiger partial charge < -0.3 is 9.88 Å². The van der Waals surface area contributed by atoms with Gasteiger partial charge in [0.25, 0.3) is 0 Å². The maximum atomic E-state index is 13.6. The molecule has 0 aliphatic carbocycles. The summed E-state index contributed by atoms with van der Waals surface area (Å²) in [7, 11) is 0. The number of carbonyl (C=O) groups excluding carboxylic acids is 1. The molecule has 2 heterocycles. The first-order valence-electron chi connectivity index (χ1n) is 8.85. The molecule has 148 valence electrons. The minimum absolute atomic E-state index is 0.0205. The Morgan fingerprint density at radius 1 is 1.14 bits per heavy atom. The Kier molecular flexibility index (Phi) is 5.58. The van der Waals surface area contributed by atoms with E-state index in [9.17, 15) is 18.0 Å². The number of aromatic nitrogens is 3. The molecule has 0 aliphatic heterocycles. The third-order valence-electron chi connectivity index (χ3n) is 4.39. The highest BCUT2D eigenvalue weighted by atomic mass is 19.4. The molecule has 0 unspecified atom stereocenters. The van der Waals surface area contributed by atoms with Gasteiger partial charge in [-0.3, -0.25) is 4.79 Å². The van der Waals surface area contributed by atoms with Crippen LogP contribution in [-0.4, -0.2) is 20.3 Å². The van der Waals surface area contributed by atoms with Gasteiger partial charge in [-0.15, -0.1) is 0 Å². The number of nitrogens with zero attached hydrogens (tertiary/aromatic N) is 3. The molecule has 1 N–H and O–H groups in total. The lowest BCUT2D eigenvalue weighted by Gasteiger charge is -2.16. The number of alkyl halides is 3. The van der Waals surface area contributed by atoms with Crippen molar-refractivity contribution in [1.29, 1.82) is 0 Å². The number of amides is 1. The van der Waals surface area contributed by atoms with Crippen LogP contribution >= 0.6 is 0 Å². The molecule has 0 saturated carbocycles. The summed E-state index contributed by atoms with van der Waals surface area (Å²) in [6, 6.07) is 9.53. The fraction of sp³-hybridized carbons (Fsp3) is 0.300. The lowest BCUT2D eigenvalue weighted by molar-refractivity contribution is -0.138. The highest BCUT2D eigenvalue weighted by Gasteiger charge is 2.34. The van der Waals surface area contributed by atoms with Crippen molar-refractivity contribution in [2.24, 2.45) is 0 Å². The molecule has 0 bridgehead atoms. The summed E-state index contributed by atoms with van der Waals surface area (Å²) in [5.41, 5.74) is 1.05. The molecule has 0 saturated heterocycles. The standard InChI is InChI=1S/C20H21F3N4O/c1-14-11-15(2)27(25-14)17-6-5-16(18(12-17)20(21,22)23)13-24-19(28)7-10-26-8-3-4-9-26/h3-6,8-9,11-12H,7,10,13H2,1-2H3,(H,24,28). The number of halogens is 3. The Bertz CT molecular complexity index is 958. The number of hydrogen-bond acceptors (Lipinski definition) is 2. The van der Waals surface area contributed by atoms with E-state index in [1.807, 2.05) is 29.1 Å². The first-order chi connectivity index (χ1) is 13.2. The summed E-state index contributed by atoms with van der Waals surface area (Å²) < 4.78 is 44.0. The van der Waals surface area contributed by atoms with Crippen LogP contribution in [0.2, 0.25) is 0 Å². The second-order valence-corrected chi connectivity index (χ2v) is 6.63. The molecular formula is C20H21F3N4O. The Balaban J connectivity index is 1.75. The molecule has 2 aromatic heterocycles. The van der Waals surface area contributed by atoms with Crippen molar-refractivity contribution in [3.8, 4) is 5.69 Å². The fourth-order valence-corrected chi connectivity index (χ4v) is 3.04. The predicted molar refractivity (Wildman–Crippen MR) is 98.9 cm³/mol. The minimum Gasteiger partial charge on any atom is -0.354 e. The number of hydrogen-bond donors (Lipinski definition) is 1. The van der Waals surface area contributed by atoms with E-state index in [2.05, 4.69) is 10.4 Å². The van der Waals surface area contributed by atoms with Crippen molar-refractivity contribution < 1.29 is 18.0 Å². The first kappa shape index (κ1) is 19.7. The normalized spacial score (nSPS) is 11.6. The third kappa shape index (κ3) is 4.62. The zero-order valence-corrected chi connectivity index (χ0v) is 15.6. The van der Waals surface area contributed by atoms with E-state index in [4.69, 9.17) is 0 Å². The average Bonchev–Trinajstić information content (AvgIpc) is 3.26. The fourth-order valence-electron chi connectivity index (χ4n) is 3.04. The molecule has 3 rings (SSSR count). The van der Waals surface area contributed by atoms with Gasteiger partial charge in [-0.2, -0.15) is 18.3 Å². The van der Waals surface area contributed by atoms with Crippen molar-refractivity contribution in [3.05, 3.63) is 71.3 Å². The lowest BCUT2D eigenvalue weighted by Crippen LogP contribution is -2.25. The van der Waals surface area contributed by atoms with Gasteiger partial charge in [0.2, 0.25) is 5.91 Å². The van der Waals surface area contributed by atoms with Crippen molar-refractivity contribution in [2.45, 2.75) is 39.5 Å². The van der Waals surface area contributed by atoms with Crippen LogP contribution in [0.4, 0.5) is 13.2 Å². The minimum atomic E-state index is -4.53. The highest BCUT2D eigenvalue weighted by Crippen LogP contribution is 2.33. The second-order valence-electron chi connectivity index (χ2n) is 6.63. The van der Waals surface area contributed by atoms with E-state index in [-0.39, 0.29) is 24.4 Å². The van der Waals surface area contributed by atoms with Gasteiger partial charge in [0.1, 0.15) is 0 Å². The number of rotatable bonds is 6. The SMILES string of the molecule is Cc1cc(C)n(-c2ccc(CNC(=O)CCn3cccc3)c(C(F)(F)F)c2)n1. The molecule has 0 aliphatic rings. The number of carbonyl (C=O) groups is 1. The van der Waals surface area contributed by atoms with Gasteiger partial charge in [0.05, 0.1) is 16.9 Å². The Morgan fingerprint density at radius 2 is 1.86 bits per heavy atom. The van der Waals surface area contributed by atoms with E-state index in [1.54, 1.807) is 26.0 Å². The average molecular weight is 390 g/mol. The van der Waals surface area contributed by atoms with Gasteiger partial charge in [0.15, 0.2) is 0 Å². The molecule has 0 spiro atoms. The van der Waals surface area contributed by atoms with Crippen LogP contribution in [0.25, 0.3) is 5.69 Å². The van der Waals surface area contributed by atoms with E-state index < -0.39 is 11.7 Å². The van der Waals surface area contributed by atoms with Gasteiger partial charge in [-0.1, -0.05) is 6.07 Å². The zero-order chi connectivity index (χ0) is 20.3. The summed E-state index contributed by atoms with van der Waals surface area (Å²) in [6.07, 6.45) is -0.684. The molecular weight excluding hydrogens is 369 g/mol. The Labute approximate surface area is 160 Å². The van der Waals surface area contributed by atoms with Crippen molar-refractivity contribution >= 4 is 5.91 Å². The van der Waals surface area contributed by atoms with Crippen LogP contribution in [0.5, 0.6) is 0 Å². The van der Waals surface area contributed by atoms with E-state index in [0.717, 1.165) is 17.5 Å². The summed E-state index contributed by atoms with van der Waals surface area (Å²) >= 11 is 0. The number of aryl methyl sites for hydroxylation is 3. The molecule has 28 heavy (non-hydrogen) atoms. The van der Waals surface area contributed by atoms with Gasteiger partial charge in [-0.25, -0.2) is 4.68 Å². The zero-order valence-electron chi connectivity index (χ0n) is 15.6. The van der Waals surface area contributed by atoms with Crippen LogP contribution in [0.3, 0.4) is 0 Å². The van der Waals surface area contributed by atoms with E-state index >= 15 is 0 Å². The predicted octanol–water partition coefficient (Wildman–Crippen LogP) is 4.02. The monoisotopic (exact) mass is 390 g/mol. The lowest BCUT2D eigenvalue weighted by atomic mass is 10.1. The van der Waals surface area contributed by atoms with Crippen LogP contribution in [0.1, 0.15) is 28.9 Å². The van der Waals surface area contributed by atoms with Crippen LogP contribution in [0, 0.1) is 13.8 Å². The number of benzene rings is 1. The highest BCUT2D eigenvalue weighted by molar-refractivity contribution is 5.75. The van der Waals surface area contributed by atoms with Gasteiger partial charge >= 0.3 is 6.18 Å². The smallest absolute Gasteiger partial charge is 0.354 e. The van der Waals surface area contributed by atoms with E-state index in [1.165, 1.54) is 10.7 Å². The van der Waals surface area contributed by atoms with Crippen molar-refractivity contribution in [3.63, 3.8) is 0 Å². The summed E-state index contributed by atoms with van der Waals surface area (Å²) in [5, 5.41) is 6.81. The van der Waals surface area contributed by atoms with Crippen molar-refractivity contribution in [1.82, 2.24) is 19.7 Å². The summed E-state index contributed by atoms with van der Waals surface area (Å²) in [4.78, 5) is 12.0. The largest absolute Gasteiger partial charge is 0.416 e. The second kappa shape index (κ2) is 7.92. The molecule has 8 heteroatoms. The third-order valence-corrected chi connectivity index (χ3v) is 4.39. The summed E-state index contributed by atoms with van der Waals surface area (Å²) in [6.45, 7) is 3.86. The molecule has 1 amide bonds. The molecule has 0 atom stereocenters. The van der Waals surface area contributed by atoms with Crippen LogP contribution in [-0.2, 0) is 24.1 Å². The molecule has 3 aromatic rings. The number of nitrogens with one attached hydrogen (secondary N) is 1. The maximum absolute atomic E-state index is 13.6. The quantitative estimate of drug-likeness (QED) is 0.691. The Morgan fingerprint density at radius 3 is 2.46 bits per heavy atom. The van der Waals surface area contributed by atoms with Crippen LogP contribution in [0.15, 0.2) is 48.8 Å². The topological polar surface area (TPSA) is 51.9 Å². The maximum Gasteiger partial charge on any atom is 0.416 e. The van der Waals surface area contributed by atoms with Crippen molar-refractivity contribution in [2.75, 3.05) is 0 Å². The first-order valence-corrected chi connectivity index (χ1v) is 8.85. The van der Waals surface area contributed by atoms with Gasteiger partial charge in [-0.05, 0) is 49.7 Å².